The number of Topliss-reactive ketones (excluding diaryl/α,β-unsaturated/α-hetero) is 1. The number of aromatic hydroxyl groups is 1. The van der Waals surface area contributed by atoms with Crippen molar-refractivity contribution in [2.75, 3.05) is 5.32 Å². The van der Waals surface area contributed by atoms with E-state index in [1.54, 1.807) is 30.5 Å². The number of carbonyl (C=O) groups excluding carboxylic acids is 1. The molecule has 1 aromatic rings. The van der Waals surface area contributed by atoms with Gasteiger partial charge in [-0.1, -0.05) is 13.8 Å². The standard InChI is InChI=1S/C15H19NO3/c1-15(2)7-13(18)12(14(19)8-15)9-16-10-3-5-11(17)6-4-10/h3-6,9,13,16-18H,7-8H2,1-2H3/b12-9+. The number of aliphatic hydroxyl groups excluding tert-OH is 1. The summed E-state index contributed by atoms with van der Waals surface area (Å²) in [4.78, 5) is 12.0. The number of ketones is 1. The topological polar surface area (TPSA) is 69.6 Å². The average Bonchev–Trinajstić information content (AvgIpc) is 2.29. The van der Waals surface area contributed by atoms with Gasteiger partial charge in [0.05, 0.1) is 6.10 Å². The third-order valence-electron chi connectivity index (χ3n) is 3.33. The molecule has 0 radical (unpaired) electrons. The van der Waals surface area contributed by atoms with Gasteiger partial charge < -0.3 is 15.5 Å². The fraction of sp³-hybridized carbons (Fsp3) is 0.400. The summed E-state index contributed by atoms with van der Waals surface area (Å²) < 4.78 is 0. The number of hydrogen-bond donors (Lipinski definition) is 3. The fourth-order valence-electron chi connectivity index (χ4n) is 2.32. The molecule has 0 amide bonds. The van der Waals surface area contributed by atoms with Crippen molar-refractivity contribution < 1.29 is 15.0 Å². The zero-order valence-electron chi connectivity index (χ0n) is 11.2. The van der Waals surface area contributed by atoms with Crippen LogP contribution in [0.25, 0.3) is 0 Å². The van der Waals surface area contributed by atoms with Crippen molar-refractivity contribution in [3.63, 3.8) is 0 Å². The first-order valence-electron chi connectivity index (χ1n) is 6.34. The van der Waals surface area contributed by atoms with Crippen molar-refractivity contribution in [1.82, 2.24) is 0 Å². The van der Waals surface area contributed by atoms with Gasteiger partial charge >= 0.3 is 0 Å². The van der Waals surface area contributed by atoms with Crippen LogP contribution in [-0.2, 0) is 4.79 Å². The minimum Gasteiger partial charge on any atom is -0.508 e. The first kappa shape index (κ1) is 13.6. The summed E-state index contributed by atoms with van der Waals surface area (Å²) in [6.07, 6.45) is 1.88. The molecule has 0 bridgehead atoms. The van der Waals surface area contributed by atoms with Gasteiger partial charge in [-0.15, -0.1) is 0 Å². The Morgan fingerprint density at radius 1 is 1.32 bits per heavy atom. The molecule has 1 aliphatic rings. The first-order chi connectivity index (χ1) is 8.87. The lowest BCUT2D eigenvalue weighted by Crippen LogP contribution is -2.34. The summed E-state index contributed by atoms with van der Waals surface area (Å²) in [6, 6.07) is 6.53. The third-order valence-corrected chi connectivity index (χ3v) is 3.33. The van der Waals surface area contributed by atoms with Crippen molar-refractivity contribution in [3.05, 3.63) is 36.0 Å². The summed E-state index contributed by atoms with van der Waals surface area (Å²) in [6.45, 7) is 3.97. The Morgan fingerprint density at radius 3 is 2.53 bits per heavy atom. The van der Waals surface area contributed by atoms with Gasteiger partial charge in [0.2, 0.25) is 0 Å². The van der Waals surface area contributed by atoms with E-state index in [4.69, 9.17) is 0 Å². The Kier molecular flexibility index (Phi) is 3.62. The molecule has 1 unspecified atom stereocenters. The highest BCUT2D eigenvalue weighted by Gasteiger charge is 2.35. The Hall–Kier alpha value is -1.81. The molecule has 0 heterocycles. The minimum absolute atomic E-state index is 0.0185. The van der Waals surface area contributed by atoms with E-state index in [0.29, 0.717) is 18.4 Å². The maximum absolute atomic E-state index is 12.0. The molecule has 1 fully saturated rings. The second-order valence-corrected chi connectivity index (χ2v) is 5.77. The van der Waals surface area contributed by atoms with Crippen LogP contribution >= 0.6 is 0 Å². The smallest absolute Gasteiger partial charge is 0.163 e. The zero-order valence-corrected chi connectivity index (χ0v) is 11.2. The van der Waals surface area contributed by atoms with Gasteiger partial charge in [-0.05, 0) is 36.1 Å². The molecule has 19 heavy (non-hydrogen) atoms. The van der Waals surface area contributed by atoms with Crippen LogP contribution in [0.15, 0.2) is 36.0 Å². The molecule has 0 aliphatic heterocycles. The van der Waals surface area contributed by atoms with Gasteiger partial charge in [-0.25, -0.2) is 0 Å². The van der Waals surface area contributed by atoms with Gasteiger partial charge in [0, 0.05) is 23.9 Å². The van der Waals surface area contributed by atoms with Crippen LogP contribution < -0.4 is 5.32 Å². The number of phenols is 1. The van der Waals surface area contributed by atoms with Crippen molar-refractivity contribution in [2.45, 2.75) is 32.8 Å². The number of benzene rings is 1. The van der Waals surface area contributed by atoms with E-state index < -0.39 is 6.10 Å². The van der Waals surface area contributed by atoms with Crippen LogP contribution in [0.1, 0.15) is 26.7 Å². The molecular weight excluding hydrogens is 242 g/mol. The number of rotatable bonds is 2. The molecule has 1 saturated carbocycles. The molecule has 3 N–H and O–H groups in total. The lowest BCUT2D eigenvalue weighted by molar-refractivity contribution is -0.121. The molecule has 0 saturated heterocycles. The number of phenolic OH excluding ortho intramolecular Hbond substituents is 1. The molecular formula is C15H19NO3. The van der Waals surface area contributed by atoms with Crippen molar-refractivity contribution in [3.8, 4) is 5.75 Å². The van der Waals surface area contributed by atoms with E-state index in [2.05, 4.69) is 5.32 Å². The highest BCUT2D eigenvalue weighted by molar-refractivity contribution is 5.97. The van der Waals surface area contributed by atoms with Crippen molar-refractivity contribution >= 4 is 11.5 Å². The van der Waals surface area contributed by atoms with E-state index in [-0.39, 0.29) is 16.9 Å². The highest BCUT2D eigenvalue weighted by Crippen LogP contribution is 2.35. The average molecular weight is 261 g/mol. The molecule has 0 spiro atoms. The number of nitrogens with one attached hydrogen (secondary N) is 1. The molecule has 4 nitrogen and oxygen atoms in total. The molecule has 1 aliphatic carbocycles. The Morgan fingerprint density at radius 2 is 1.95 bits per heavy atom. The molecule has 4 heteroatoms. The Labute approximate surface area is 112 Å². The predicted octanol–water partition coefficient (Wildman–Crippen LogP) is 2.44. The van der Waals surface area contributed by atoms with E-state index in [1.165, 1.54) is 0 Å². The fourth-order valence-corrected chi connectivity index (χ4v) is 2.32. The lowest BCUT2D eigenvalue weighted by Gasteiger charge is -2.33. The summed E-state index contributed by atoms with van der Waals surface area (Å²) in [5, 5.41) is 22.2. The van der Waals surface area contributed by atoms with E-state index >= 15 is 0 Å². The van der Waals surface area contributed by atoms with E-state index in [0.717, 1.165) is 5.69 Å². The van der Waals surface area contributed by atoms with Crippen LogP contribution in [-0.4, -0.2) is 22.1 Å². The summed E-state index contributed by atoms with van der Waals surface area (Å²) in [7, 11) is 0. The quantitative estimate of drug-likeness (QED) is 0.565. The second kappa shape index (κ2) is 5.05. The SMILES string of the molecule is CC1(C)CC(=O)/C(=C/Nc2ccc(O)cc2)C(O)C1. The maximum Gasteiger partial charge on any atom is 0.163 e. The van der Waals surface area contributed by atoms with Crippen LogP contribution in [0.4, 0.5) is 5.69 Å². The van der Waals surface area contributed by atoms with Gasteiger partial charge in [-0.3, -0.25) is 4.79 Å². The van der Waals surface area contributed by atoms with Gasteiger partial charge in [0.15, 0.2) is 5.78 Å². The first-order valence-corrected chi connectivity index (χ1v) is 6.34. The van der Waals surface area contributed by atoms with Crippen LogP contribution in [0.3, 0.4) is 0 Å². The molecule has 102 valence electrons. The third kappa shape index (κ3) is 3.35. The van der Waals surface area contributed by atoms with Gasteiger partial charge in [0.25, 0.3) is 0 Å². The number of hydrogen-bond acceptors (Lipinski definition) is 4. The minimum atomic E-state index is -0.721. The van der Waals surface area contributed by atoms with Crippen molar-refractivity contribution in [2.24, 2.45) is 5.41 Å². The highest BCUT2D eigenvalue weighted by atomic mass is 16.3. The van der Waals surface area contributed by atoms with E-state index in [9.17, 15) is 15.0 Å². The van der Waals surface area contributed by atoms with Gasteiger partial charge in [-0.2, -0.15) is 0 Å². The monoisotopic (exact) mass is 261 g/mol. The summed E-state index contributed by atoms with van der Waals surface area (Å²) >= 11 is 0. The lowest BCUT2D eigenvalue weighted by atomic mass is 9.73. The van der Waals surface area contributed by atoms with Crippen LogP contribution in [0.2, 0.25) is 0 Å². The predicted molar refractivity (Wildman–Crippen MR) is 73.8 cm³/mol. The largest absolute Gasteiger partial charge is 0.508 e. The second-order valence-electron chi connectivity index (χ2n) is 5.77. The van der Waals surface area contributed by atoms with Gasteiger partial charge in [0.1, 0.15) is 5.75 Å². The Balaban J connectivity index is 2.11. The number of carbonyl (C=O) groups is 1. The van der Waals surface area contributed by atoms with Crippen LogP contribution in [0.5, 0.6) is 5.75 Å². The number of anilines is 1. The summed E-state index contributed by atoms with van der Waals surface area (Å²) in [5.74, 6) is 0.170. The zero-order chi connectivity index (χ0) is 14.0. The van der Waals surface area contributed by atoms with E-state index in [1.807, 2.05) is 13.8 Å². The van der Waals surface area contributed by atoms with Crippen LogP contribution in [0, 0.1) is 5.41 Å². The normalized spacial score (nSPS) is 24.5. The number of aliphatic hydroxyl groups is 1. The maximum atomic E-state index is 12.0. The summed E-state index contributed by atoms with van der Waals surface area (Å²) in [5.41, 5.74) is 1.04. The molecule has 1 aromatic carbocycles. The Bertz CT molecular complexity index is 503. The molecule has 1 atom stereocenters. The molecule has 2 rings (SSSR count). The van der Waals surface area contributed by atoms with Crippen molar-refractivity contribution in [1.29, 1.82) is 0 Å². The molecule has 0 aromatic heterocycles.